The molecule has 2 N–H and O–H groups in total. The molecule has 0 bridgehead atoms. The maximum atomic E-state index is 14.0. The number of carboxylic acids is 1. The summed E-state index contributed by atoms with van der Waals surface area (Å²) in [5.74, 6) is -2.47. The largest absolute Gasteiger partial charge is 0.481 e. The third-order valence-electron chi connectivity index (χ3n) is 3.61. The molecule has 1 aromatic heterocycles. The highest BCUT2D eigenvalue weighted by molar-refractivity contribution is 6.34. The lowest BCUT2D eigenvalue weighted by atomic mass is 10.1. The van der Waals surface area contributed by atoms with Gasteiger partial charge in [-0.2, -0.15) is 0 Å². The van der Waals surface area contributed by atoms with Crippen molar-refractivity contribution in [2.75, 3.05) is 5.32 Å². The van der Waals surface area contributed by atoms with E-state index in [1.54, 1.807) is 18.2 Å². The van der Waals surface area contributed by atoms with Crippen molar-refractivity contribution in [3.8, 4) is 0 Å². The van der Waals surface area contributed by atoms with Gasteiger partial charge in [-0.3, -0.25) is 14.6 Å². The first kappa shape index (κ1) is 16.9. The molecule has 0 aliphatic carbocycles. The molecule has 0 radical (unpaired) electrons. The van der Waals surface area contributed by atoms with Gasteiger partial charge in [0.05, 0.1) is 17.1 Å². The molecule has 0 aliphatic rings. The van der Waals surface area contributed by atoms with Gasteiger partial charge < -0.3 is 10.4 Å². The molecule has 7 heteroatoms. The summed E-state index contributed by atoms with van der Waals surface area (Å²) < 4.78 is 14.0. The number of carbonyl (C=O) groups is 2. The van der Waals surface area contributed by atoms with Crippen LogP contribution < -0.4 is 5.32 Å². The van der Waals surface area contributed by atoms with Crippen LogP contribution in [0.2, 0.25) is 5.02 Å². The molecule has 25 heavy (non-hydrogen) atoms. The van der Waals surface area contributed by atoms with Crippen molar-refractivity contribution in [2.24, 2.45) is 0 Å². The van der Waals surface area contributed by atoms with Gasteiger partial charge in [0, 0.05) is 17.1 Å². The number of fused-ring (bicyclic) bond motifs is 1. The first-order valence-corrected chi connectivity index (χ1v) is 7.68. The van der Waals surface area contributed by atoms with E-state index in [4.69, 9.17) is 16.7 Å². The van der Waals surface area contributed by atoms with E-state index in [1.165, 1.54) is 12.3 Å². The van der Waals surface area contributed by atoms with Gasteiger partial charge in [0.25, 0.3) is 5.91 Å². The third kappa shape index (κ3) is 3.59. The SMILES string of the molecule is O=C(O)Cc1cc(Cl)c(NC(=O)c2nccc3ccccc23)cc1F. The number of pyridine rings is 1. The van der Waals surface area contributed by atoms with E-state index >= 15 is 0 Å². The zero-order chi connectivity index (χ0) is 18.0. The van der Waals surface area contributed by atoms with E-state index in [0.717, 1.165) is 11.5 Å². The van der Waals surface area contributed by atoms with E-state index in [1.807, 2.05) is 12.1 Å². The van der Waals surface area contributed by atoms with Gasteiger partial charge in [0.1, 0.15) is 11.5 Å². The van der Waals surface area contributed by atoms with Crippen molar-refractivity contribution in [1.29, 1.82) is 0 Å². The number of carboxylic acid groups (broad SMARTS) is 1. The minimum atomic E-state index is -1.17. The topological polar surface area (TPSA) is 79.3 Å². The Bertz CT molecular complexity index is 986. The number of nitrogens with zero attached hydrogens (tertiary/aromatic N) is 1. The number of rotatable bonds is 4. The molecular formula is C18H12ClFN2O3. The lowest BCUT2D eigenvalue weighted by Crippen LogP contribution is -2.15. The highest BCUT2D eigenvalue weighted by Crippen LogP contribution is 2.27. The van der Waals surface area contributed by atoms with Crippen LogP contribution in [-0.2, 0) is 11.2 Å². The Labute approximate surface area is 147 Å². The highest BCUT2D eigenvalue weighted by atomic mass is 35.5. The second-order valence-corrected chi connectivity index (χ2v) is 5.74. The van der Waals surface area contributed by atoms with Gasteiger partial charge in [-0.25, -0.2) is 4.39 Å². The summed E-state index contributed by atoms with van der Waals surface area (Å²) in [4.78, 5) is 27.3. The van der Waals surface area contributed by atoms with Gasteiger partial charge in [-0.1, -0.05) is 35.9 Å². The first-order chi connectivity index (χ1) is 12.0. The number of aromatic nitrogens is 1. The van der Waals surface area contributed by atoms with Crippen LogP contribution in [0.5, 0.6) is 0 Å². The lowest BCUT2D eigenvalue weighted by Gasteiger charge is -2.10. The number of benzene rings is 2. The Morgan fingerprint density at radius 1 is 1.20 bits per heavy atom. The molecular weight excluding hydrogens is 347 g/mol. The summed E-state index contributed by atoms with van der Waals surface area (Å²) in [6.07, 6.45) is 1.01. The number of nitrogens with one attached hydrogen (secondary N) is 1. The summed E-state index contributed by atoms with van der Waals surface area (Å²) in [5.41, 5.74) is 0.177. The summed E-state index contributed by atoms with van der Waals surface area (Å²) in [6, 6.07) is 11.2. The average molecular weight is 359 g/mol. The van der Waals surface area contributed by atoms with Crippen LogP contribution in [0.15, 0.2) is 48.7 Å². The molecule has 0 saturated heterocycles. The van der Waals surface area contributed by atoms with Crippen molar-refractivity contribution in [1.82, 2.24) is 4.98 Å². The Kier molecular flexibility index (Phi) is 4.63. The zero-order valence-electron chi connectivity index (χ0n) is 12.8. The predicted octanol–water partition coefficient (Wildman–Crippen LogP) is 3.91. The minimum Gasteiger partial charge on any atom is -0.481 e. The number of carbonyl (C=O) groups excluding carboxylic acids is 1. The fourth-order valence-corrected chi connectivity index (χ4v) is 2.70. The molecule has 0 atom stereocenters. The van der Waals surface area contributed by atoms with E-state index in [-0.39, 0.29) is 22.0 Å². The molecule has 5 nitrogen and oxygen atoms in total. The van der Waals surface area contributed by atoms with Gasteiger partial charge in [0.15, 0.2) is 0 Å². The van der Waals surface area contributed by atoms with E-state index in [9.17, 15) is 14.0 Å². The van der Waals surface area contributed by atoms with Crippen molar-refractivity contribution >= 4 is 39.9 Å². The zero-order valence-corrected chi connectivity index (χ0v) is 13.5. The monoisotopic (exact) mass is 358 g/mol. The molecule has 0 unspecified atom stereocenters. The van der Waals surface area contributed by atoms with Crippen molar-refractivity contribution in [3.63, 3.8) is 0 Å². The molecule has 3 rings (SSSR count). The number of hydrogen-bond acceptors (Lipinski definition) is 3. The van der Waals surface area contributed by atoms with Crippen LogP contribution in [0.4, 0.5) is 10.1 Å². The Balaban J connectivity index is 1.93. The standard InChI is InChI=1S/C18H12ClFN2O3/c19-13-7-11(8-16(23)24)14(20)9-15(13)22-18(25)17-12-4-2-1-3-10(12)5-6-21-17/h1-7,9H,8H2,(H,22,25)(H,23,24). The second kappa shape index (κ2) is 6.86. The molecule has 126 valence electrons. The van der Waals surface area contributed by atoms with Gasteiger partial charge in [-0.15, -0.1) is 0 Å². The molecule has 1 amide bonds. The Morgan fingerprint density at radius 3 is 2.72 bits per heavy atom. The molecule has 3 aromatic rings. The smallest absolute Gasteiger partial charge is 0.307 e. The van der Waals surface area contributed by atoms with Gasteiger partial charge in [0.2, 0.25) is 0 Å². The number of anilines is 1. The Morgan fingerprint density at radius 2 is 1.96 bits per heavy atom. The van der Waals surface area contributed by atoms with Crippen LogP contribution in [0.25, 0.3) is 10.8 Å². The first-order valence-electron chi connectivity index (χ1n) is 7.30. The van der Waals surface area contributed by atoms with Crippen LogP contribution in [0, 0.1) is 5.82 Å². The van der Waals surface area contributed by atoms with Gasteiger partial charge >= 0.3 is 5.97 Å². The van der Waals surface area contributed by atoms with E-state index < -0.39 is 24.1 Å². The summed E-state index contributed by atoms with van der Waals surface area (Å²) in [5, 5.41) is 12.8. The predicted molar refractivity (Wildman–Crippen MR) is 92.4 cm³/mol. The van der Waals surface area contributed by atoms with Crippen LogP contribution >= 0.6 is 11.6 Å². The molecule has 0 aliphatic heterocycles. The molecule has 0 spiro atoms. The number of aliphatic carboxylic acids is 1. The quantitative estimate of drug-likeness (QED) is 0.741. The summed E-state index contributed by atoms with van der Waals surface area (Å²) in [6.45, 7) is 0. The van der Waals surface area contributed by atoms with Crippen LogP contribution in [0.3, 0.4) is 0 Å². The summed E-state index contributed by atoms with van der Waals surface area (Å²) >= 11 is 6.04. The summed E-state index contributed by atoms with van der Waals surface area (Å²) in [7, 11) is 0. The average Bonchev–Trinajstić information content (AvgIpc) is 2.58. The highest BCUT2D eigenvalue weighted by Gasteiger charge is 2.16. The normalized spacial score (nSPS) is 10.6. The molecule has 0 saturated carbocycles. The molecule has 2 aromatic carbocycles. The van der Waals surface area contributed by atoms with Crippen molar-refractivity contribution in [3.05, 3.63) is 70.8 Å². The fourth-order valence-electron chi connectivity index (χ4n) is 2.46. The lowest BCUT2D eigenvalue weighted by molar-refractivity contribution is -0.136. The van der Waals surface area contributed by atoms with Crippen molar-refractivity contribution < 1.29 is 19.1 Å². The second-order valence-electron chi connectivity index (χ2n) is 5.33. The molecule has 1 heterocycles. The Hall–Kier alpha value is -2.99. The number of hydrogen-bond donors (Lipinski definition) is 2. The van der Waals surface area contributed by atoms with Gasteiger partial charge in [-0.05, 0) is 23.6 Å². The minimum absolute atomic E-state index is 0.0474. The van der Waals surface area contributed by atoms with Crippen LogP contribution in [0.1, 0.15) is 16.1 Å². The third-order valence-corrected chi connectivity index (χ3v) is 3.93. The van der Waals surface area contributed by atoms with E-state index in [0.29, 0.717) is 5.39 Å². The van der Waals surface area contributed by atoms with E-state index in [2.05, 4.69) is 10.3 Å². The maximum absolute atomic E-state index is 14.0. The van der Waals surface area contributed by atoms with Crippen LogP contribution in [-0.4, -0.2) is 22.0 Å². The molecule has 0 fully saturated rings. The maximum Gasteiger partial charge on any atom is 0.307 e. The van der Waals surface area contributed by atoms with Crippen molar-refractivity contribution in [2.45, 2.75) is 6.42 Å². The number of halogens is 2. The number of amides is 1. The fraction of sp³-hybridized carbons (Fsp3) is 0.0556.